The number of hydrogen-bond acceptors (Lipinski definition) is 3. The van der Waals surface area contributed by atoms with Gasteiger partial charge in [-0.1, -0.05) is 35.3 Å². The van der Waals surface area contributed by atoms with Crippen LogP contribution in [0.5, 0.6) is 0 Å². The van der Waals surface area contributed by atoms with E-state index in [4.69, 9.17) is 23.2 Å². The molecule has 0 fully saturated rings. The summed E-state index contributed by atoms with van der Waals surface area (Å²) >= 11 is 11.9. The number of rotatable bonds is 3. The van der Waals surface area contributed by atoms with Crippen LogP contribution in [0.2, 0.25) is 10.0 Å². The third-order valence-corrected chi connectivity index (χ3v) is 4.04. The fraction of sp³-hybridized carbons (Fsp3) is 0.118. The second-order valence-corrected chi connectivity index (χ2v) is 5.78. The number of nitrogens with zero attached hydrogens (tertiary/aromatic N) is 2. The minimum Gasteiger partial charge on any atom is -0.376 e. The Morgan fingerprint density at radius 2 is 1.55 bits per heavy atom. The zero-order chi connectivity index (χ0) is 15.5. The van der Waals surface area contributed by atoms with Crippen molar-refractivity contribution < 1.29 is 5.11 Å². The van der Waals surface area contributed by atoms with Crippen LogP contribution in [0.4, 0.5) is 0 Å². The summed E-state index contributed by atoms with van der Waals surface area (Å²) in [6.45, 7) is -0.140. The number of aliphatic hydroxyl groups excluding tert-OH is 1. The van der Waals surface area contributed by atoms with Gasteiger partial charge in [-0.05, 0) is 48.0 Å². The van der Waals surface area contributed by atoms with E-state index in [1.54, 1.807) is 6.20 Å². The molecule has 0 spiro atoms. The Kier molecular flexibility index (Phi) is 4.48. The minimum atomic E-state index is -0.140. The molecule has 5 heteroatoms. The molecule has 2 aromatic carbocycles. The van der Waals surface area contributed by atoms with Crippen LogP contribution >= 0.6 is 23.2 Å². The molecular formula is C17H14Cl2N2O. The van der Waals surface area contributed by atoms with Crippen molar-refractivity contribution in [1.82, 2.24) is 4.90 Å². The van der Waals surface area contributed by atoms with Gasteiger partial charge in [0.25, 0.3) is 0 Å². The summed E-state index contributed by atoms with van der Waals surface area (Å²) in [5, 5.41) is 11.2. The number of amidine groups is 1. The Hall–Kier alpha value is -1.81. The van der Waals surface area contributed by atoms with E-state index in [9.17, 15) is 5.11 Å². The van der Waals surface area contributed by atoms with Crippen LogP contribution in [0.1, 0.15) is 17.2 Å². The van der Waals surface area contributed by atoms with Gasteiger partial charge < -0.3 is 10.0 Å². The largest absolute Gasteiger partial charge is 0.376 e. The van der Waals surface area contributed by atoms with E-state index in [-0.39, 0.29) is 12.8 Å². The quantitative estimate of drug-likeness (QED) is 0.911. The van der Waals surface area contributed by atoms with Gasteiger partial charge >= 0.3 is 0 Å². The molecule has 0 saturated carbocycles. The monoisotopic (exact) mass is 332 g/mol. The second kappa shape index (κ2) is 6.53. The predicted octanol–water partition coefficient (Wildman–Crippen LogP) is 4.26. The lowest BCUT2D eigenvalue weighted by atomic mass is 10.0. The van der Waals surface area contributed by atoms with Crippen LogP contribution in [-0.2, 0) is 0 Å². The summed E-state index contributed by atoms with van der Waals surface area (Å²) in [6.07, 6.45) is 3.70. The molecule has 1 heterocycles. The normalized spacial score (nSPS) is 17.5. The highest BCUT2D eigenvalue weighted by Gasteiger charge is 2.24. The van der Waals surface area contributed by atoms with Gasteiger partial charge in [0.15, 0.2) is 0 Å². The Morgan fingerprint density at radius 3 is 2.14 bits per heavy atom. The first-order chi connectivity index (χ1) is 10.7. The van der Waals surface area contributed by atoms with Gasteiger partial charge in [0.2, 0.25) is 0 Å². The van der Waals surface area contributed by atoms with Gasteiger partial charge in [-0.25, -0.2) is 4.99 Å². The van der Waals surface area contributed by atoms with Gasteiger partial charge in [0, 0.05) is 21.8 Å². The number of benzene rings is 2. The van der Waals surface area contributed by atoms with Crippen LogP contribution in [0, 0.1) is 0 Å². The topological polar surface area (TPSA) is 35.8 Å². The molecule has 1 atom stereocenters. The maximum Gasteiger partial charge on any atom is 0.138 e. The van der Waals surface area contributed by atoms with Gasteiger partial charge in [0.05, 0.1) is 6.04 Å². The molecule has 1 aliphatic heterocycles. The number of hydrogen-bond donors (Lipinski definition) is 1. The van der Waals surface area contributed by atoms with E-state index in [0.717, 1.165) is 11.1 Å². The Labute approximate surface area is 139 Å². The van der Waals surface area contributed by atoms with Crippen molar-refractivity contribution in [3.63, 3.8) is 0 Å². The Balaban J connectivity index is 1.95. The van der Waals surface area contributed by atoms with Crippen molar-refractivity contribution in [3.8, 4) is 0 Å². The van der Waals surface area contributed by atoms with Crippen molar-refractivity contribution in [2.45, 2.75) is 6.04 Å². The molecule has 0 bridgehead atoms. The predicted molar refractivity (Wildman–Crippen MR) is 90.2 cm³/mol. The molecule has 0 saturated heterocycles. The third-order valence-electron chi connectivity index (χ3n) is 3.54. The first-order valence-corrected chi connectivity index (χ1v) is 7.58. The summed E-state index contributed by atoms with van der Waals surface area (Å²) < 4.78 is 0. The highest BCUT2D eigenvalue weighted by Crippen LogP contribution is 2.28. The van der Waals surface area contributed by atoms with E-state index >= 15 is 0 Å². The fourth-order valence-corrected chi connectivity index (χ4v) is 2.70. The molecule has 1 aliphatic rings. The summed E-state index contributed by atoms with van der Waals surface area (Å²) in [6, 6.07) is 14.9. The van der Waals surface area contributed by atoms with Crippen LogP contribution in [0.25, 0.3) is 0 Å². The van der Waals surface area contributed by atoms with Crippen LogP contribution in [0.15, 0.2) is 65.8 Å². The number of aliphatic imine (C=N–C) groups is 1. The standard InChI is InChI=1S/C17H14Cl2N2O/c18-14-5-1-12(2-6-14)16-9-10-20-17(21(16)11-22)13-3-7-15(19)8-4-13/h1-10,16,22H,11H2. The summed E-state index contributed by atoms with van der Waals surface area (Å²) in [5.74, 6) is 0.710. The first kappa shape index (κ1) is 15.1. The SMILES string of the molecule is OCN1C(c2ccc(Cl)cc2)=NC=CC1c1ccc(Cl)cc1. The van der Waals surface area contributed by atoms with Gasteiger partial charge in [0.1, 0.15) is 12.6 Å². The first-order valence-electron chi connectivity index (χ1n) is 6.82. The van der Waals surface area contributed by atoms with Crippen LogP contribution < -0.4 is 0 Å². The highest BCUT2D eigenvalue weighted by atomic mass is 35.5. The molecule has 1 unspecified atom stereocenters. The number of aliphatic hydroxyl groups is 1. The second-order valence-electron chi connectivity index (χ2n) is 4.91. The smallest absolute Gasteiger partial charge is 0.138 e. The van der Waals surface area contributed by atoms with Crippen molar-refractivity contribution >= 4 is 29.0 Å². The molecule has 22 heavy (non-hydrogen) atoms. The van der Waals surface area contributed by atoms with E-state index in [2.05, 4.69) is 4.99 Å². The Morgan fingerprint density at radius 1 is 0.955 bits per heavy atom. The maximum absolute atomic E-state index is 9.82. The van der Waals surface area contributed by atoms with Crippen molar-refractivity contribution in [2.24, 2.45) is 4.99 Å². The molecule has 1 N–H and O–H groups in total. The Bertz CT molecular complexity index is 708. The molecule has 0 aromatic heterocycles. The average Bonchev–Trinajstić information content (AvgIpc) is 2.55. The summed E-state index contributed by atoms with van der Waals surface area (Å²) in [4.78, 5) is 6.23. The van der Waals surface area contributed by atoms with Crippen molar-refractivity contribution in [1.29, 1.82) is 0 Å². The maximum atomic E-state index is 9.82. The highest BCUT2D eigenvalue weighted by molar-refractivity contribution is 6.30. The lowest BCUT2D eigenvalue weighted by molar-refractivity contribution is 0.149. The van der Waals surface area contributed by atoms with E-state index in [0.29, 0.717) is 15.9 Å². The summed E-state index contributed by atoms with van der Waals surface area (Å²) in [7, 11) is 0. The van der Waals surface area contributed by atoms with Crippen molar-refractivity contribution in [3.05, 3.63) is 82.0 Å². The zero-order valence-electron chi connectivity index (χ0n) is 11.7. The molecule has 0 radical (unpaired) electrons. The lowest BCUT2D eigenvalue weighted by Crippen LogP contribution is -2.37. The van der Waals surface area contributed by atoms with Crippen molar-refractivity contribution in [2.75, 3.05) is 6.73 Å². The molecule has 0 aliphatic carbocycles. The third kappa shape index (κ3) is 3.02. The van der Waals surface area contributed by atoms with Crippen LogP contribution in [0.3, 0.4) is 0 Å². The molecule has 112 valence electrons. The fourth-order valence-electron chi connectivity index (χ4n) is 2.45. The average molecular weight is 333 g/mol. The van der Waals surface area contributed by atoms with Gasteiger partial charge in [-0.3, -0.25) is 0 Å². The van der Waals surface area contributed by atoms with E-state index in [1.165, 1.54) is 0 Å². The molecule has 3 nitrogen and oxygen atoms in total. The molecule has 3 rings (SSSR count). The minimum absolute atomic E-state index is 0.0922. The number of halogens is 2. The lowest BCUT2D eigenvalue weighted by Gasteiger charge is -2.33. The van der Waals surface area contributed by atoms with Gasteiger partial charge in [-0.2, -0.15) is 0 Å². The molecular weight excluding hydrogens is 319 g/mol. The summed E-state index contributed by atoms with van der Waals surface area (Å²) in [5.41, 5.74) is 1.94. The zero-order valence-corrected chi connectivity index (χ0v) is 13.2. The van der Waals surface area contributed by atoms with E-state index in [1.807, 2.05) is 59.5 Å². The van der Waals surface area contributed by atoms with Gasteiger partial charge in [-0.15, -0.1) is 0 Å². The van der Waals surface area contributed by atoms with Crippen LogP contribution in [-0.4, -0.2) is 22.6 Å². The molecule has 2 aromatic rings. The molecule has 0 amide bonds. The van der Waals surface area contributed by atoms with E-state index < -0.39 is 0 Å².